The molecule has 5 nitrogen and oxygen atoms in total. The first-order valence-corrected chi connectivity index (χ1v) is 10.2. The highest BCUT2D eigenvalue weighted by Gasteiger charge is 2.30. The molecule has 0 aliphatic carbocycles. The number of hydrogen-bond donors (Lipinski definition) is 0. The van der Waals surface area contributed by atoms with Crippen LogP contribution in [0.15, 0.2) is 47.4 Å². The quantitative estimate of drug-likeness (QED) is 0.748. The van der Waals surface area contributed by atoms with Gasteiger partial charge >= 0.3 is 0 Å². The summed E-state index contributed by atoms with van der Waals surface area (Å²) in [6.45, 7) is 5.36. The summed E-state index contributed by atoms with van der Waals surface area (Å²) in [5.74, 6) is 0.0300. The van der Waals surface area contributed by atoms with Crippen molar-refractivity contribution < 1.29 is 13.2 Å². The van der Waals surface area contributed by atoms with Gasteiger partial charge in [0.15, 0.2) is 5.78 Å². The second-order valence-electron chi connectivity index (χ2n) is 6.43. The minimum atomic E-state index is -3.60. The highest BCUT2D eigenvalue weighted by atomic mass is 35.5. The van der Waals surface area contributed by atoms with Crippen LogP contribution in [0.2, 0.25) is 5.02 Å². The van der Waals surface area contributed by atoms with E-state index in [1.807, 2.05) is 19.1 Å². The average molecular weight is 393 g/mol. The summed E-state index contributed by atoms with van der Waals surface area (Å²) in [6, 6.07) is 12.4. The number of nitrogens with zero attached hydrogens (tertiary/aromatic N) is 2. The second-order valence-corrected chi connectivity index (χ2v) is 8.74. The predicted molar refractivity (Wildman–Crippen MR) is 104 cm³/mol. The molecule has 26 heavy (non-hydrogen) atoms. The van der Waals surface area contributed by atoms with Gasteiger partial charge in [-0.25, -0.2) is 8.42 Å². The van der Waals surface area contributed by atoms with E-state index in [2.05, 4.69) is 4.90 Å². The molecule has 0 atom stereocenters. The summed E-state index contributed by atoms with van der Waals surface area (Å²) in [5, 5.41) is 0.257. The van der Waals surface area contributed by atoms with E-state index in [0.717, 1.165) is 11.3 Å². The van der Waals surface area contributed by atoms with E-state index in [1.54, 1.807) is 30.3 Å². The van der Waals surface area contributed by atoms with Crippen LogP contribution in [0.4, 0.5) is 5.69 Å². The van der Waals surface area contributed by atoms with Gasteiger partial charge in [-0.3, -0.25) is 4.79 Å². The van der Waals surface area contributed by atoms with Gasteiger partial charge in [0.25, 0.3) is 0 Å². The third kappa shape index (κ3) is 3.77. The molecule has 1 heterocycles. The zero-order valence-corrected chi connectivity index (χ0v) is 16.3. The third-order valence-corrected chi connectivity index (χ3v) is 6.96. The summed E-state index contributed by atoms with van der Waals surface area (Å²) in [6.07, 6.45) is 0. The second kappa shape index (κ2) is 7.39. The first-order valence-electron chi connectivity index (χ1n) is 8.41. The zero-order valence-electron chi connectivity index (χ0n) is 14.8. The molecule has 0 radical (unpaired) electrons. The van der Waals surface area contributed by atoms with E-state index in [9.17, 15) is 13.2 Å². The zero-order chi connectivity index (χ0) is 18.9. The van der Waals surface area contributed by atoms with Gasteiger partial charge in [-0.15, -0.1) is 0 Å². The SMILES string of the molecule is CC(=O)c1ccc(N2CCN(S(=O)(=O)c3ccc(C)cc3Cl)CC2)cc1. The predicted octanol–water partition coefficient (Wildman–Crippen LogP) is 3.36. The maximum atomic E-state index is 12.9. The highest BCUT2D eigenvalue weighted by molar-refractivity contribution is 7.89. The van der Waals surface area contributed by atoms with Crippen LogP contribution in [-0.4, -0.2) is 44.7 Å². The Morgan fingerprint density at radius 1 is 1.00 bits per heavy atom. The van der Waals surface area contributed by atoms with Crippen molar-refractivity contribution in [1.29, 1.82) is 0 Å². The van der Waals surface area contributed by atoms with Crippen molar-refractivity contribution in [2.45, 2.75) is 18.7 Å². The topological polar surface area (TPSA) is 57.7 Å². The van der Waals surface area contributed by atoms with Crippen LogP contribution in [0.1, 0.15) is 22.8 Å². The van der Waals surface area contributed by atoms with Crippen LogP contribution >= 0.6 is 11.6 Å². The first kappa shape index (κ1) is 18.9. The molecule has 2 aromatic rings. The molecule has 0 amide bonds. The number of anilines is 1. The van der Waals surface area contributed by atoms with Crippen LogP contribution < -0.4 is 4.90 Å². The number of piperazine rings is 1. The summed E-state index contributed by atoms with van der Waals surface area (Å²) in [5.41, 5.74) is 2.58. The molecule has 138 valence electrons. The van der Waals surface area contributed by atoms with Gasteiger partial charge in [-0.1, -0.05) is 17.7 Å². The number of carbonyl (C=O) groups excluding carboxylic acids is 1. The number of ketones is 1. The summed E-state index contributed by atoms with van der Waals surface area (Å²) in [7, 11) is -3.60. The molecule has 0 unspecified atom stereocenters. The van der Waals surface area contributed by atoms with Crippen LogP contribution in [0.25, 0.3) is 0 Å². The number of sulfonamides is 1. The number of benzene rings is 2. The van der Waals surface area contributed by atoms with Crippen LogP contribution in [0.5, 0.6) is 0 Å². The van der Waals surface area contributed by atoms with Crippen LogP contribution in [0, 0.1) is 6.92 Å². The van der Waals surface area contributed by atoms with Gasteiger partial charge < -0.3 is 4.90 Å². The summed E-state index contributed by atoms with van der Waals surface area (Å²) in [4.78, 5) is 13.6. The van der Waals surface area contributed by atoms with Crippen molar-refractivity contribution in [3.8, 4) is 0 Å². The molecule has 7 heteroatoms. The molecule has 0 N–H and O–H groups in total. The summed E-state index contributed by atoms with van der Waals surface area (Å²) >= 11 is 6.15. The monoisotopic (exact) mass is 392 g/mol. The van der Waals surface area contributed by atoms with Gasteiger partial charge in [0.2, 0.25) is 10.0 Å². The molecule has 1 fully saturated rings. The Hall–Kier alpha value is -1.89. The van der Waals surface area contributed by atoms with Crippen molar-refractivity contribution in [3.63, 3.8) is 0 Å². The Labute approximate surface area is 159 Å². The van der Waals surface area contributed by atoms with Crippen LogP contribution in [0.3, 0.4) is 0 Å². The highest BCUT2D eigenvalue weighted by Crippen LogP contribution is 2.27. The van der Waals surface area contributed by atoms with Crippen molar-refractivity contribution >= 4 is 33.1 Å². The number of halogens is 1. The lowest BCUT2D eigenvalue weighted by molar-refractivity contribution is 0.101. The fourth-order valence-electron chi connectivity index (χ4n) is 3.05. The van der Waals surface area contributed by atoms with Gasteiger partial charge in [0.05, 0.1) is 5.02 Å². The molecule has 0 bridgehead atoms. The van der Waals surface area contributed by atoms with E-state index in [-0.39, 0.29) is 15.7 Å². The van der Waals surface area contributed by atoms with E-state index in [0.29, 0.717) is 31.7 Å². The van der Waals surface area contributed by atoms with Crippen molar-refractivity contribution in [3.05, 3.63) is 58.6 Å². The van der Waals surface area contributed by atoms with Gasteiger partial charge in [-0.2, -0.15) is 4.31 Å². The van der Waals surface area contributed by atoms with Gasteiger partial charge in [-0.05, 0) is 55.8 Å². The first-order chi connectivity index (χ1) is 12.3. The number of rotatable bonds is 4. The Balaban J connectivity index is 1.72. The molecule has 0 saturated carbocycles. The van der Waals surface area contributed by atoms with E-state index >= 15 is 0 Å². The molecular formula is C19H21ClN2O3S. The molecular weight excluding hydrogens is 372 g/mol. The van der Waals surface area contributed by atoms with E-state index < -0.39 is 10.0 Å². The molecule has 2 aromatic carbocycles. The molecule has 1 aliphatic heterocycles. The molecule has 1 aliphatic rings. The Morgan fingerprint density at radius 3 is 2.15 bits per heavy atom. The molecule has 0 aromatic heterocycles. The fourth-order valence-corrected chi connectivity index (χ4v) is 5.04. The summed E-state index contributed by atoms with van der Waals surface area (Å²) < 4.78 is 27.2. The minimum absolute atomic E-state index is 0.0300. The van der Waals surface area contributed by atoms with Gasteiger partial charge in [0.1, 0.15) is 4.90 Å². The number of Topliss-reactive ketones (excluding diaryl/α,β-unsaturated/α-hetero) is 1. The lowest BCUT2D eigenvalue weighted by Crippen LogP contribution is -2.48. The minimum Gasteiger partial charge on any atom is -0.369 e. The lowest BCUT2D eigenvalue weighted by atomic mass is 10.1. The van der Waals surface area contributed by atoms with E-state index in [1.165, 1.54) is 11.2 Å². The van der Waals surface area contributed by atoms with Gasteiger partial charge in [0, 0.05) is 37.4 Å². The molecule has 3 rings (SSSR count). The molecule has 0 spiro atoms. The third-order valence-electron chi connectivity index (χ3n) is 4.58. The van der Waals surface area contributed by atoms with Crippen molar-refractivity contribution in [1.82, 2.24) is 4.31 Å². The maximum Gasteiger partial charge on any atom is 0.244 e. The van der Waals surface area contributed by atoms with E-state index in [4.69, 9.17) is 11.6 Å². The normalized spacial score (nSPS) is 15.9. The number of aryl methyl sites for hydroxylation is 1. The number of carbonyl (C=O) groups is 1. The Bertz CT molecular complexity index is 918. The average Bonchev–Trinajstić information content (AvgIpc) is 2.61. The number of hydrogen-bond acceptors (Lipinski definition) is 4. The lowest BCUT2D eigenvalue weighted by Gasteiger charge is -2.35. The Morgan fingerprint density at radius 2 is 1.62 bits per heavy atom. The van der Waals surface area contributed by atoms with Crippen molar-refractivity contribution in [2.75, 3.05) is 31.1 Å². The van der Waals surface area contributed by atoms with Crippen molar-refractivity contribution in [2.24, 2.45) is 0 Å². The molecule has 1 saturated heterocycles. The maximum absolute atomic E-state index is 12.9. The van der Waals surface area contributed by atoms with Crippen LogP contribution in [-0.2, 0) is 10.0 Å². The fraction of sp³-hybridized carbons (Fsp3) is 0.316. The smallest absolute Gasteiger partial charge is 0.244 e. The Kier molecular flexibility index (Phi) is 5.37. The largest absolute Gasteiger partial charge is 0.369 e. The standard InChI is InChI=1S/C19H21ClN2O3S/c1-14-3-8-19(18(20)13-14)26(24,25)22-11-9-21(10-12-22)17-6-4-16(5-7-17)15(2)23/h3-8,13H,9-12H2,1-2H3.